The number of nitrogens with zero attached hydrogens (tertiary/aromatic N) is 2. The molecule has 1 saturated carbocycles. The summed E-state index contributed by atoms with van der Waals surface area (Å²) in [7, 11) is -3.58. The van der Waals surface area contributed by atoms with Crippen molar-refractivity contribution in [3.05, 3.63) is 57.9 Å². The summed E-state index contributed by atoms with van der Waals surface area (Å²) < 4.78 is 27.3. The molecule has 2 aromatic rings. The van der Waals surface area contributed by atoms with Gasteiger partial charge in [-0.05, 0) is 48.7 Å². The third-order valence-electron chi connectivity index (χ3n) is 5.20. The Balaban J connectivity index is 1.30. The number of benzene rings is 1. The molecule has 1 saturated heterocycles. The highest BCUT2D eigenvalue weighted by molar-refractivity contribution is 7.91. The summed E-state index contributed by atoms with van der Waals surface area (Å²) in [6, 6.07) is 10.4. The molecule has 4 rings (SSSR count). The lowest BCUT2D eigenvalue weighted by molar-refractivity contribution is -0.127. The Morgan fingerprint density at radius 2 is 1.71 bits per heavy atom. The van der Waals surface area contributed by atoms with Crippen LogP contribution in [0.25, 0.3) is 6.08 Å². The second-order valence-electron chi connectivity index (χ2n) is 7.49. The average Bonchev–Trinajstić information content (AvgIpc) is 3.48. The van der Waals surface area contributed by atoms with E-state index in [0.29, 0.717) is 29.0 Å². The molecule has 1 aliphatic carbocycles. The summed E-state index contributed by atoms with van der Waals surface area (Å²) in [5.41, 5.74) is 1.41. The van der Waals surface area contributed by atoms with E-state index in [2.05, 4.69) is 5.32 Å². The number of sulfonamides is 1. The monoisotopic (exact) mass is 479 g/mol. The van der Waals surface area contributed by atoms with E-state index in [0.717, 1.165) is 29.7 Å². The van der Waals surface area contributed by atoms with Crippen LogP contribution in [0, 0.1) is 0 Å². The summed E-state index contributed by atoms with van der Waals surface area (Å²) in [5.74, 6) is -0.251. The molecular weight excluding hydrogens is 458 g/mol. The Hall–Kier alpha value is -2.20. The van der Waals surface area contributed by atoms with E-state index in [4.69, 9.17) is 11.6 Å². The highest BCUT2D eigenvalue weighted by Crippen LogP contribution is 2.28. The molecule has 31 heavy (non-hydrogen) atoms. The van der Waals surface area contributed by atoms with E-state index in [1.165, 1.54) is 16.4 Å². The van der Waals surface area contributed by atoms with Gasteiger partial charge in [-0.3, -0.25) is 9.59 Å². The number of rotatable bonds is 6. The van der Waals surface area contributed by atoms with Crippen LogP contribution in [0.2, 0.25) is 4.34 Å². The van der Waals surface area contributed by atoms with Gasteiger partial charge in [0.1, 0.15) is 4.21 Å². The molecule has 0 atom stereocenters. The predicted molar refractivity (Wildman–Crippen MR) is 121 cm³/mol. The number of carbonyl (C=O) groups excluding carboxylic acids is 2. The summed E-state index contributed by atoms with van der Waals surface area (Å²) >= 11 is 6.89. The zero-order chi connectivity index (χ0) is 22.0. The van der Waals surface area contributed by atoms with E-state index >= 15 is 0 Å². The molecule has 0 bridgehead atoms. The lowest BCUT2D eigenvalue weighted by Gasteiger charge is -2.33. The van der Waals surface area contributed by atoms with Crippen molar-refractivity contribution >= 4 is 50.9 Å². The molecule has 7 nitrogen and oxygen atoms in total. The number of nitrogens with one attached hydrogen (secondary N) is 1. The van der Waals surface area contributed by atoms with Gasteiger partial charge in [0.15, 0.2) is 0 Å². The van der Waals surface area contributed by atoms with Gasteiger partial charge in [-0.25, -0.2) is 8.42 Å². The van der Waals surface area contributed by atoms with E-state index in [9.17, 15) is 18.0 Å². The summed E-state index contributed by atoms with van der Waals surface area (Å²) in [5, 5.41) is 2.94. The maximum atomic E-state index is 12.7. The lowest BCUT2D eigenvalue weighted by Crippen LogP contribution is -2.50. The Morgan fingerprint density at radius 1 is 1.03 bits per heavy atom. The molecule has 2 amide bonds. The SMILES string of the molecule is O=C(NC1CC1)c1ccc(/C=C/C(=O)N2CCN(S(=O)(=O)c3ccc(Cl)s3)CC2)cc1. The normalized spacial score (nSPS) is 17.8. The van der Waals surface area contributed by atoms with Gasteiger partial charge in [0.05, 0.1) is 4.34 Å². The van der Waals surface area contributed by atoms with Crippen molar-refractivity contribution in [2.45, 2.75) is 23.1 Å². The van der Waals surface area contributed by atoms with Crippen LogP contribution in [0.1, 0.15) is 28.8 Å². The van der Waals surface area contributed by atoms with Crippen LogP contribution in [0.5, 0.6) is 0 Å². The zero-order valence-electron chi connectivity index (χ0n) is 16.7. The molecule has 164 valence electrons. The maximum absolute atomic E-state index is 12.7. The van der Waals surface area contributed by atoms with Crippen molar-refractivity contribution < 1.29 is 18.0 Å². The first-order valence-corrected chi connectivity index (χ1v) is 12.6. The summed E-state index contributed by atoms with van der Waals surface area (Å²) in [6.45, 7) is 1.12. The van der Waals surface area contributed by atoms with Gasteiger partial charge in [0.25, 0.3) is 15.9 Å². The van der Waals surface area contributed by atoms with Crippen LogP contribution in [-0.2, 0) is 14.8 Å². The molecule has 2 heterocycles. The topological polar surface area (TPSA) is 86.8 Å². The van der Waals surface area contributed by atoms with Gasteiger partial charge in [-0.2, -0.15) is 4.31 Å². The molecular formula is C21H22ClN3O4S2. The van der Waals surface area contributed by atoms with Crippen LogP contribution in [-0.4, -0.2) is 61.7 Å². The fourth-order valence-electron chi connectivity index (χ4n) is 3.23. The van der Waals surface area contributed by atoms with E-state index < -0.39 is 10.0 Å². The maximum Gasteiger partial charge on any atom is 0.252 e. The molecule has 1 aromatic carbocycles. The van der Waals surface area contributed by atoms with Crippen LogP contribution < -0.4 is 5.32 Å². The molecule has 0 radical (unpaired) electrons. The van der Waals surface area contributed by atoms with Gasteiger partial charge < -0.3 is 10.2 Å². The van der Waals surface area contributed by atoms with Gasteiger partial charge in [-0.1, -0.05) is 23.7 Å². The van der Waals surface area contributed by atoms with Crippen molar-refractivity contribution in [2.24, 2.45) is 0 Å². The standard InChI is InChI=1S/C21H22ClN3O4S2/c22-18-8-10-20(30-18)31(28,29)25-13-11-24(12-14-25)19(26)9-3-15-1-4-16(5-2-15)21(27)23-17-6-7-17/h1-5,8-10,17H,6-7,11-14H2,(H,23,27)/b9-3+. The van der Waals surface area contributed by atoms with Gasteiger partial charge in [0.2, 0.25) is 5.91 Å². The third kappa shape index (κ3) is 5.35. The van der Waals surface area contributed by atoms with Crippen LogP contribution in [0.15, 0.2) is 46.7 Å². The molecule has 0 unspecified atom stereocenters. The smallest absolute Gasteiger partial charge is 0.252 e. The minimum Gasteiger partial charge on any atom is -0.349 e. The lowest BCUT2D eigenvalue weighted by atomic mass is 10.1. The van der Waals surface area contributed by atoms with Crippen molar-refractivity contribution in [1.29, 1.82) is 0 Å². The van der Waals surface area contributed by atoms with E-state index in [1.54, 1.807) is 41.3 Å². The minimum atomic E-state index is -3.58. The molecule has 10 heteroatoms. The molecule has 1 N–H and O–H groups in total. The average molecular weight is 480 g/mol. The Morgan fingerprint density at radius 3 is 2.29 bits per heavy atom. The number of carbonyl (C=O) groups is 2. The van der Waals surface area contributed by atoms with Crippen LogP contribution in [0.3, 0.4) is 0 Å². The zero-order valence-corrected chi connectivity index (χ0v) is 19.0. The number of piperazine rings is 1. The fourth-order valence-corrected chi connectivity index (χ4v) is 6.29. The largest absolute Gasteiger partial charge is 0.349 e. The number of halogens is 1. The second kappa shape index (κ2) is 9.12. The molecule has 0 spiro atoms. The molecule has 1 aromatic heterocycles. The summed E-state index contributed by atoms with van der Waals surface area (Å²) in [4.78, 5) is 26.1. The van der Waals surface area contributed by atoms with Crippen molar-refractivity contribution in [1.82, 2.24) is 14.5 Å². The number of hydrogen-bond acceptors (Lipinski definition) is 5. The predicted octanol–water partition coefficient (Wildman–Crippen LogP) is 2.84. The van der Waals surface area contributed by atoms with Crippen molar-refractivity contribution in [2.75, 3.05) is 26.2 Å². The fraction of sp³-hybridized carbons (Fsp3) is 0.333. The molecule has 2 aliphatic rings. The molecule has 2 fully saturated rings. The first-order valence-electron chi connectivity index (χ1n) is 9.96. The first-order chi connectivity index (χ1) is 14.8. The highest BCUT2D eigenvalue weighted by Gasteiger charge is 2.30. The minimum absolute atomic E-state index is 0.0771. The van der Waals surface area contributed by atoms with Gasteiger partial charge in [0, 0.05) is 43.9 Å². The van der Waals surface area contributed by atoms with Gasteiger partial charge in [-0.15, -0.1) is 11.3 Å². The van der Waals surface area contributed by atoms with Crippen LogP contribution in [0.4, 0.5) is 0 Å². The number of hydrogen-bond donors (Lipinski definition) is 1. The first kappa shape index (κ1) is 22.0. The second-order valence-corrected chi connectivity index (χ2v) is 11.4. The third-order valence-corrected chi connectivity index (χ3v) is 8.79. The summed E-state index contributed by atoms with van der Waals surface area (Å²) in [6.07, 6.45) is 5.25. The molecule has 1 aliphatic heterocycles. The highest BCUT2D eigenvalue weighted by atomic mass is 35.5. The number of amides is 2. The Bertz CT molecular complexity index is 1100. The van der Waals surface area contributed by atoms with Crippen molar-refractivity contribution in [3.8, 4) is 0 Å². The quantitative estimate of drug-likeness (QED) is 0.645. The Labute approximate surface area is 190 Å². The van der Waals surface area contributed by atoms with Gasteiger partial charge >= 0.3 is 0 Å². The number of thiophene rings is 1. The van der Waals surface area contributed by atoms with Crippen molar-refractivity contribution in [3.63, 3.8) is 0 Å². The van der Waals surface area contributed by atoms with E-state index in [1.807, 2.05) is 0 Å². The van der Waals surface area contributed by atoms with Crippen LogP contribution >= 0.6 is 22.9 Å². The van der Waals surface area contributed by atoms with E-state index in [-0.39, 0.29) is 29.1 Å². The Kier molecular flexibility index (Phi) is 6.47.